The number of allylic oxidation sites excluding steroid dienone is 1. The van der Waals surface area contributed by atoms with Gasteiger partial charge >= 0.3 is 5.97 Å². The number of rotatable bonds is 5. The van der Waals surface area contributed by atoms with Crippen LogP contribution in [0.2, 0.25) is 0 Å². The van der Waals surface area contributed by atoms with E-state index in [9.17, 15) is 24.3 Å². The van der Waals surface area contributed by atoms with Gasteiger partial charge in [-0.2, -0.15) is 0 Å². The second kappa shape index (κ2) is 12.7. The van der Waals surface area contributed by atoms with E-state index in [0.29, 0.717) is 18.4 Å². The number of esters is 1. The van der Waals surface area contributed by atoms with Crippen molar-refractivity contribution in [1.29, 1.82) is 0 Å². The zero-order valence-electron chi connectivity index (χ0n) is 27.1. The number of hydrogen-bond donors (Lipinski definition) is 2. The summed E-state index contributed by atoms with van der Waals surface area (Å²) in [5.41, 5.74) is -1.32. The van der Waals surface area contributed by atoms with Crippen LogP contribution in [-0.2, 0) is 28.7 Å². The van der Waals surface area contributed by atoms with Crippen molar-refractivity contribution >= 4 is 23.7 Å². The second-order valence-corrected chi connectivity index (χ2v) is 14.2. The summed E-state index contributed by atoms with van der Waals surface area (Å²) in [5.74, 6) is -3.42. The first-order valence-corrected chi connectivity index (χ1v) is 16.1. The molecule has 0 saturated carbocycles. The standard InChI is InChI=1S/C35H47N3O7/c1-21(2)19-24(20-39)38-30-32(42)37(34(4,5)6)18-12-8-11-15-26(40)36-22(3)29(23-13-9-7-10-14-23)44-33(43)27-25-16-17-35(30,45-25)28(27)31(38)41/h7-10,12-14,16-17,21-22,24-25,27-30,39H,11,15,18-20H2,1-6H3,(H,36,40)/b12-8-/t22-,24+,25+,27-,28-,29+,30+,35-/m0/s1. The lowest BCUT2D eigenvalue weighted by molar-refractivity contribution is -0.162. The molecule has 244 valence electrons. The number of cyclic esters (lactones) is 1. The number of amides is 3. The SMILES string of the molecule is CC(C)C[C@H](CO)N1C(=O)[C@@H]2[C@H]3C(=O)O[C@@H](c4ccccc4)[C@H](C)NC(=O)CC/C=C\CN(C(C)(C)C)C(=O)[C@@H]1[C@]21C=C[C@H]3O1. The number of nitrogens with one attached hydrogen (secondary N) is 1. The number of carbonyl (C=O) groups excluding carboxylic acids is 4. The quantitative estimate of drug-likeness (QED) is 0.382. The predicted octanol–water partition coefficient (Wildman–Crippen LogP) is 3.31. The van der Waals surface area contributed by atoms with E-state index in [1.807, 2.05) is 77.1 Å². The predicted molar refractivity (Wildman–Crippen MR) is 167 cm³/mol. The Kier molecular flexibility index (Phi) is 9.29. The summed E-state index contributed by atoms with van der Waals surface area (Å²) in [4.78, 5) is 59.7. The highest BCUT2D eigenvalue weighted by Gasteiger charge is 2.74. The highest BCUT2D eigenvalue weighted by atomic mass is 16.6. The van der Waals surface area contributed by atoms with Gasteiger partial charge in [0.05, 0.1) is 30.7 Å². The molecule has 1 aromatic carbocycles. The molecule has 0 aromatic heterocycles. The lowest BCUT2D eigenvalue weighted by Crippen LogP contribution is -2.61. The van der Waals surface area contributed by atoms with E-state index in [1.165, 1.54) is 4.90 Å². The Labute approximate surface area is 265 Å². The van der Waals surface area contributed by atoms with Crippen molar-refractivity contribution < 1.29 is 33.8 Å². The van der Waals surface area contributed by atoms with Gasteiger partial charge in [0.15, 0.2) is 0 Å². The molecule has 5 rings (SSSR count). The Morgan fingerprint density at radius 3 is 2.42 bits per heavy atom. The largest absolute Gasteiger partial charge is 0.455 e. The van der Waals surface area contributed by atoms with Crippen LogP contribution in [0.4, 0.5) is 0 Å². The van der Waals surface area contributed by atoms with E-state index >= 15 is 0 Å². The number of hydrogen-bond acceptors (Lipinski definition) is 7. The van der Waals surface area contributed by atoms with Gasteiger partial charge in [-0.1, -0.05) is 68.5 Å². The molecular weight excluding hydrogens is 574 g/mol. The molecule has 10 nitrogen and oxygen atoms in total. The molecule has 1 spiro atoms. The van der Waals surface area contributed by atoms with Gasteiger partial charge in [-0.25, -0.2) is 0 Å². The third-order valence-corrected chi connectivity index (χ3v) is 9.45. The minimum Gasteiger partial charge on any atom is -0.455 e. The molecule has 5 bridgehead atoms. The van der Waals surface area contributed by atoms with Crippen molar-refractivity contribution in [3.8, 4) is 0 Å². The van der Waals surface area contributed by atoms with Crippen molar-refractivity contribution in [2.24, 2.45) is 17.8 Å². The van der Waals surface area contributed by atoms with E-state index in [2.05, 4.69) is 5.32 Å². The smallest absolute Gasteiger partial charge is 0.313 e. The Morgan fingerprint density at radius 2 is 1.78 bits per heavy atom. The average Bonchev–Trinajstić information content (AvgIpc) is 3.62. The van der Waals surface area contributed by atoms with Gasteiger partial charge in [-0.05, 0) is 52.0 Å². The monoisotopic (exact) mass is 621 g/mol. The lowest BCUT2D eigenvalue weighted by atomic mass is 9.74. The molecule has 2 fully saturated rings. The van der Waals surface area contributed by atoms with Gasteiger partial charge in [0, 0.05) is 18.5 Å². The number of nitrogens with zero attached hydrogens (tertiary/aromatic N) is 2. The molecule has 4 heterocycles. The minimum atomic E-state index is -1.39. The Morgan fingerprint density at radius 1 is 1.07 bits per heavy atom. The van der Waals surface area contributed by atoms with E-state index in [1.54, 1.807) is 24.0 Å². The number of benzene rings is 1. The number of aliphatic hydroxyl groups is 1. The normalized spacial score (nSPS) is 33.8. The van der Waals surface area contributed by atoms with E-state index < -0.39 is 65.2 Å². The molecule has 3 amide bonds. The molecule has 10 heteroatoms. The molecule has 2 saturated heterocycles. The van der Waals surface area contributed by atoms with Gasteiger partial charge in [0.2, 0.25) is 17.7 Å². The van der Waals surface area contributed by atoms with E-state index in [-0.39, 0.29) is 37.3 Å². The highest BCUT2D eigenvalue weighted by Crippen LogP contribution is 2.56. The van der Waals surface area contributed by atoms with E-state index in [0.717, 1.165) is 0 Å². The number of fused-ring (bicyclic) bond motifs is 2. The molecule has 45 heavy (non-hydrogen) atoms. The van der Waals surface area contributed by atoms with Crippen LogP contribution >= 0.6 is 0 Å². The minimum absolute atomic E-state index is 0.132. The number of likely N-dealkylation sites (tertiary alicyclic amines) is 1. The molecule has 0 unspecified atom stereocenters. The Balaban J connectivity index is 1.63. The Hall–Kier alpha value is -3.50. The zero-order chi connectivity index (χ0) is 32.7. The number of aliphatic hydroxyl groups excluding tert-OH is 1. The van der Waals surface area contributed by atoms with Gasteiger partial charge in [-0.3, -0.25) is 19.2 Å². The first kappa shape index (κ1) is 32.9. The summed E-state index contributed by atoms with van der Waals surface area (Å²) in [6.45, 7) is 11.5. The molecule has 0 aliphatic carbocycles. The summed E-state index contributed by atoms with van der Waals surface area (Å²) in [5, 5.41) is 13.6. The Bertz CT molecular complexity index is 1350. The second-order valence-electron chi connectivity index (χ2n) is 14.2. The van der Waals surface area contributed by atoms with Crippen LogP contribution < -0.4 is 5.32 Å². The first-order chi connectivity index (χ1) is 21.3. The lowest BCUT2D eigenvalue weighted by Gasteiger charge is -2.43. The number of carbonyl (C=O) groups is 4. The van der Waals surface area contributed by atoms with Crippen LogP contribution in [0.5, 0.6) is 0 Å². The van der Waals surface area contributed by atoms with Gasteiger partial charge in [-0.15, -0.1) is 0 Å². The highest BCUT2D eigenvalue weighted by molar-refractivity contribution is 5.99. The van der Waals surface area contributed by atoms with Crippen LogP contribution in [0.1, 0.15) is 72.5 Å². The molecular formula is C35H47N3O7. The van der Waals surface area contributed by atoms with Crippen molar-refractivity contribution in [1.82, 2.24) is 15.1 Å². The molecule has 4 aliphatic rings. The maximum absolute atomic E-state index is 14.8. The molecule has 8 atom stereocenters. The topological polar surface area (TPSA) is 125 Å². The molecule has 2 N–H and O–H groups in total. The van der Waals surface area contributed by atoms with Crippen molar-refractivity contribution in [2.75, 3.05) is 13.2 Å². The van der Waals surface area contributed by atoms with E-state index in [4.69, 9.17) is 9.47 Å². The zero-order valence-corrected chi connectivity index (χ0v) is 27.1. The number of ether oxygens (including phenoxy) is 2. The summed E-state index contributed by atoms with van der Waals surface area (Å²) < 4.78 is 12.7. The first-order valence-electron chi connectivity index (χ1n) is 16.1. The van der Waals surface area contributed by atoms with Crippen molar-refractivity contribution in [3.05, 3.63) is 60.2 Å². The maximum atomic E-state index is 14.8. The van der Waals surface area contributed by atoms with Crippen molar-refractivity contribution in [3.63, 3.8) is 0 Å². The third kappa shape index (κ3) is 6.06. The van der Waals surface area contributed by atoms with Crippen LogP contribution in [0, 0.1) is 17.8 Å². The summed E-state index contributed by atoms with van der Waals surface area (Å²) in [7, 11) is 0. The summed E-state index contributed by atoms with van der Waals surface area (Å²) >= 11 is 0. The molecule has 4 aliphatic heterocycles. The summed E-state index contributed by atoms with van der Waals surface area (Å²) in [6, 6.07) is 6.91. The van der Waals surface area contributed by atoms with Gasteiger partial charge in [0.25, 0.3) is 0 Å². The fraction of sp³-hybridized carbons (Fsp3) is 0.600. The van der Waals surface area contributed by atoms with Gasteiger partial charge < -0.3 is 29.7 Å². The fourth-order valence-electron chi connectivity index (χ4n) is 7.43. The molecule has 0 radical (unpaired) electrons. The van der Waals surface area contributed by atoms with Crippen molar-refractivity contribution in [2.45, 2.75) is 102 Å². The van der Waals surface area contributed by atoms with Gasteiger partial charge in [0.1, 0.15) is 23.7 Å². The van der Waals surface area contributed by atoms with Crippen LogP contribution in [-0.4, -0.2) is 87.1 Å². The third-order valence-electron chi connectivity index (χ3n) is 9.45. The summed E-state index contributed by atoms with van der Waals surface area (Å²) in [6.07, 6.45) is 6.86. The van der Waals surface area contributed by atoms with Crippen LogP contribution in [0.15, 0.2) is 54.6 Å². The van der Waals surface area contributed by atoms with Crippen LogP contribution in [0.25, 0.3) is 0 Å². The average molecular weight is 622 g/mol. The van der Waals surface area contributed by atoms with Crippen LogP contribution in [0.3, 0.4) is 0 Å². The fourth-order valence-corrected chi connectivity index (χ4v) is 7.43. The molecule has 1 aromatic rings. The maximum Gasteiger partial charge on any atom is 0.313 e.